The average Bonchev–Trinajstić information content (AvgIpc) is 2.52. The van der Waals surface area contributed by atoms with Crippen molar-refractivity contribution in [1.82, 2.24) is 0 Å². The predicted molar refractivity (Wildman–Crippen MR) is 80.2 cm³/mol. The van der Waals surface area contributed by atoms with E-state index in [1.165, 1.54) is 30.3 Å². The molecule has 124 valence electrons. The second-order valence-corrected chi connectivity index (χ2v) is 5.92. The van der Waals surface area contributed by atoms with Crippen molar-refractivity contribution in [2.45, 2.75) is 24.5 Å². The van der Waals surface area contributed by atoms with Crippen molar-refractivity contribution in [3.05, 3.63) is 41.5 Å². The zero-order valence-corrected chi connectivity index (χ0v) is 12.3. The highest BCUT2D eigenvalue weighted by atomic mass is 16.5. The van der Waals surface area contributed by atoms with Gasteiger partial charge in [-0.15, -0.1) is 0 Å². The van der Waals surface area contributed by atoms with E-state index in [-0.39, 0.29) is 29.4 Å². The number of ether oxygens (including phenoxy) is 2. The zero-order chi connectivity index (χ0) is 17.0. The van der Waals surface area contributed by atoms with Crippen LogP contribution in [-0.2, 0) is 4.79 Å². The summed E-state index contributed by atoms with van der Waals surface area (Å²) < 4.78 is 10.9. The lowest BCUT2D eigenvalue weighted by atomic mass is 9.81. The molecule has 4 rings (SSSR count). The Morgan fingerprint density at radius 1 is 1.00 bits per heavy atom. The number of carbonyl (C=O) groups excluding carboxylic acids is 1. The van der Waals surface area contributed by atoms with Gasteiger partial charge in [-0.2, -0.15) is 0 Å². The number of benzene rings is 2. The number of hydrogen-bond acceptors (Lipinski definition) is 7. The predicted octanol–water partition coefficient (Wildman–Crippen LogP) is 1.69. The van der Waals surface area contributed by atoms with Crippen LogP contribution >= 0.6 is 0 Å². The van der Waals surface area contributed by atoms with Crippen molar-refractivity contribution in [2.75, 3.05) is 0 Å². The van der Waals surface area contributed by atoms with Gasteiger partial charge in [-0.1, -0.05) is 6.07 Å². The fourth-order valence-corrected chi connectivity index (χ4v) is 3.27. The molecule has 0 radical (unpaired) electrons. The molecule has 0 fully saturated rings. The number of carbonyl (C=O) groups is 1. The van der Waals surface area contributed by atoms with Gasteiger partial charge in [-0.05, 0) is 17.7 Å². The van der Waals surface area contributed by atoms with E-state index in [4.69, 9.17) is 9.47 Å². The lowest BCUT2D eigenvalue weighted by Gasteiger charge is -2.39. The number of rotatable bonds is 1. The first-order valence-corrected chi connectivity index (χ1v) is 7.38. The van der Waals surface area contributed by atoms with Gasteiger partial charge in [0.15, 0.2) is 17.6 Å². The molecule has 2 heterocycles. The van der Waals surface area contributed by atoms with Gasteiger partial charge in [0.05, 0.1) is 6.42 Å². The minimum Gasteiger partial charge on any atom is -0.508 e. The highest BCUT2D eigenvalue weighted by molar-refractivity contribution is 5.78. The Balaban J connectivity index is 1.83. The molecular formula is C17H14O7. The molecule has 7 heteroatoms. The Bertz CT molecular complexity index is 845. The van der Waals surface area contributed by atoms with Gasteiger partial charge in [0, 0.05) is 23.6 Å². The number of aromatic hydroxyl groups is 3. The SMILES string of the molecule is O=C1CC2c3c(cc(O)cc3OC(c3ccc(O)c(O)c3)C2O)O1. The Morgan fingerprint density at radius 3 is 2.50 bits per heavy atom. The van der Waals surface area contributed by atoms with E-state index in [2.05, 4.69) is 0 Å². The number of aliphatic hydroxyl groups excluding tert-OH is 1. The summed E-state index contributed by atoms with van der Waals surface area (Å²) in [5.41, 5.74) is 0.978. The zero-order valence-electron chi connectivity index (χ0n) is 12.3. The van der Waals surface area contributed by atoms with E-state index in [0.717, 1.165) is 0 Å². The van der Waals surface area contributed by atoms with Gasteiger partial charge in [0.25, 0.3) is 0 Å². The number of phenolic OH excluding ortho intramolecular Hbond substituents is 3. The van der Waals surface area contributed by atoms with Gasteiger partial charge in [0.1, 0.15) is 23.4 Å². The first kappa shape index (κ1) is 14.6. The monoisotopic (exact) mass is 330 g/mol. The van der Waals surface area contributed by atoms with Crippen molar-refractivity contribution in [3.63, 3.8) is 0 Å². The van der Waals surface area contributed by atoms with Crippen LogP contribution in [0.2, 0.25) is 0 Å². The average molecular weight is 330 g/mol. The smallest absolute Gasteiger partial charge is 0.311 e. The van der Waals surface area contributed by atoms with E-state index < -0.39 is 24.1 Å². The minimum atomic E-state index is -1.06. The summed E-state index contributed by atoms with van der Waals surface area (Å²) in [7, 11) is 0. The number of hydrogen-bond donors (Lipinski definition) is 4. The third-order valence-electron chi connectivity index (χ3n) is 4.37. The van der Waals surface area contributed by atoms with Gasteiger partial charge in [-0.25, -0.2) is 0 Å². The molecule has 0 aromatic heterocycles. The molecule has 2 aliphatic heterocycles. The summed E-state index contributed by atoms with van der Waals surface area (Å²) in [5.74, 6) is -1.31. The highest BCUT2D eigenvalue weighted by Crippen LogP contribution is 2.51. The van der Waals surface area contributed by atoms with Crippen molar-refractivity contribution in [3.8, 4) is 28.7 Å². The third-order valence-corrected chi connectivity index (χ3v) is 4.37. The maximum Gasteiger partial charge on any atom is 0.311 e. The summed E-state index contributed by atoms with van der Waals surface area (Å²) in [5, 5.41) is 39.6. The van der Waals surface area contributed by atoms with Crippen molar-refractivity contribution in [2.24, 2.45) is 0 Å². The maximum atomic E-state index is 11.8. The summed E-state index contributed by atoms with van der Waals surface area (Å²) in [6, 6.07) is 6.80. The number of aliphatic hydroxyl groups is 1. The Labute approximate surface area is 136 Å². The molecule has 0 amide bonds. The molecule has 0 saturated carbocycles. The second-order valence-electron chi connectivity index (χ2n) is 5.92. The van der Waals surface area contributed by atoms with Crippen LogP contribution in [0.5, 0.6) is 28.7 Å². The second kappa shape index (κ2) is 5.04. The van der Waals surface area contributed by atoms with Crippen molar-refractivity contribution >= 4 is 5.97 Å². The molecule has 0 aliphatic carbocycles. The fraction of sp³-hybridized carbons (Fsp3) is 0.235. The largest absolute Gasteiger partial charge is 0.508 e. The quantitative estimate of drug-likeness (QED) is 0.357. The van der Waals surface area contributed by atoms with Crippen LogP contribution in [0, 0.1) is 0 Å². The van der Waals surface area contributed by atoms with Crippen LogP contribution in [0.1, 0.15) is 29.6 Å². The molecule has 4 N–H and O–H groups in total. The summed E-state index contributed by atoms with van der Waals surface area (Å²) in [6.45, 7) is 0. The van der Waals surface area contributed by atoms with Crippen LogP contribution < -0.4 is 9.47 Å². The standard InChI is InChI=1S/C17H14O7/c18-8-4-12-15-9(6-14(21)23-12)16(22)17(24-13(15)5-8)7-1-2-10(19)11(20)3-7/h1-5,9,16-20,22H,6H2. The molecule has 0 spiro atoms. The molecule has 2 aromatic rings. The van der Waals surface area contributed by atoms with Crippen molar-refractivity contribution < 1.29 is 34.7 Å². The first-order valence-electron chi connectivity index (χ1n) is 7.38. The minimum absolute atomic E-state index is 0.0180. The summed E-state index contributed by atoms with van der Waals surface area (Å²) in [6.07, 6.45) is -1.94. The fourth-order valence-electron chi connectivity index (χ4n) is 3.27. The summed E-state index contributed by atoms with van der Waals surface area (Å²) in [4.78, 5) is 11.8. The first-order chi connectivity index (χ1) is 11.4. The van der Waals surface area contributed by atoms with Crippen LogP contribution in [0.4, 0.5) is 0 Å². The molecular weight excluding hydrogens is 316 g/mol. The van der Waals surface area contributed by atoms with Crippen LogP contribution in [-0.4, -0.2) is 32.5 Å². The third kappa shape index (κ3) is 2.13. The van der Waals surface area contributed by atoms with E-state index in [1.54, 1.807) is 0 Å². The number of esters is 1. The molecule has 3 unspecified atom stereocenters. The van der Waals surface area contributed by atoms with Crippen molar-refractivity contribution in [1.29, 1.82) is 0 Å². The van der Waals surface area contributed by atoms with E-state index in [0.29, 0.717) is 16.9 Å². The summed E-state index contributed by atoms with van der Waals surface area (Å²) >= 11 is 0. The maximum absolute atomic E-state index is 11.8. The normalized spacial score (nSPS) is 24.7. The van der Waals surface area contributed by atoms with Crippen LogP contribution in [0.25, 0.3) is 0 Å². The Morgan fingerprint density at radius 2 is 1.75 bits per heavy atom. The van der Waals surface area contributed by atoms with Gasteiger partial charge < -0.3 is 29.9 Å². The molecule has 0 saturated heterocycles. The van der Waals surface area contributed by atoms with E-state index in [9.17, 15) is 25.2 Å². The molecule has 2 aliphatic rings. The molecule has 3 atom stereocenters. The lowest BCUT2D eigenvalue weighted by Crippen LogP contribution is -2.38. The van der Waals surface area contributed by atoms with Crippen LogP contribution in [0.15, 0.2) is 30.3 Å². The van der Waals surface area contributed by atoms with Gasteiger partial charge >= 0.3 is 5.97 Å². The topological polar surface area (TPSA) is 116 Å². The Hall–Kier alpha value is -2.93. The van der Waals surface area contributed by atoms with E-state index >= 15 is 0 Å². The van der Waals surface area contributed by atoms with Gasteiger partial charge in [0.2, 0.25) is 0 Å². The Kier molecular flexibility index (Phi) is 3.07. The number of phenols is 3. The lowest BCUT2D eigenvalue weighted by molar-refractivity contribution is -0.138. The van der Waals surface area contributed by atoms with E-state index in [1.807, 2.05) is 0 Å². The molecule has 24 heavy (non-hydrogen) atoms. The molecule has 7 nitrogen and oxygen atoms in total. The van der Waals surface area contributed by atoms with Crippen LogP contribution in [0.3, 0.4) is 0 Å². The molecule has 2 aromatic carbocycles. The highest BCUT2D eigenvalue weighted by Gasteiger charge is 2.44. The van der Waals surface area contributed by atoms with Gasteiger partial charge in [-0.3, -0.25) is 4.79 Å². The molecule has 0 bridgehead atoms.